The zero-order valence-electron chi connectivity index (χ0n) is 14.3. The van der Waals surface area contributed by atoms with Gasteiger partial charge in [0, 0.05) is 25.2 Å². The number of amides is 2. The van der Waals surface area contributed by atoms with Crippen molar-refractivity contribution in [2.45, 2.75) is 52.4 Å². The standard InChI is InChI=1S/C19H28N2O2/c1-3-4-5-6-7-11-20-19(23)16-13-18(22)21(14-16)17-10-8-9-15(2)12-17/h8-10,12,16H,3-7,11,13-14H2,1-2H3,(H,20,23). The van der Waals surface area contributed by atoms with Crippen molar-refractivity contribution >= 4 is 17.5 Å². The second kappa shape index (κ2) is 8.70. The van der Waals surface area contributed by atoms with Gasteiger partial charge in [-0.1, -0.05) is 44.7 Å². The van der Waals surface area contributed by atoms with Crippen LogP contribution in [0.15, 0.2) is 24.3 Å². The molecule has 0 spiro atoms. The lowest BCUT2D eigenvalue weighted by Gasteiger charge is -2.17. The van der Waals surface area contributed by atoms with Gasteiger partial charge in [0.25, 0.3) is 0 Å². The zero-order chi connectivity index (χ0) is 16.7. The summed E-state index contributed by atoms with van der Waals surface area (Å²) in [5, 5.41) is 2.99. The Labute approximate surface area is 139 Å². The van der Waals surface area contributed by atoms with Crippen molar-refractivity contribution in [3.8, 4) is 0 Å². The molecule has 1 N–H and O–H groups in total. The first-order valence-corrected chi connectivity index (χ1v) is 8.76. The third-order valence-corrected chi connectivity index (χ3v) is 4.39. The Bertz CT molecular complexity index is 542. The van der Waals surface area contributed by atoms with Crippen molar-refractivity contribution in [2.75, 3.05) is 18.0 Å². The van der Waals surface area contributed by atoms with Gasteiger partial charge in [-0.05, 0) is 31.0 Å². The first kappa shape index (κ1) is 17.5. The lowest BCUT2D eigenvalue weighted by molar-refractivity contribution is -0.126. The van der Waals surface area contributed by atoms with Gasteiger partial charge in [-0.2, -0.15) is 0 Å². The lowest BCUT2D eigenvalue weighted by Crippen LogP contribution is -2.33. The summed E-state index contributed by atoms with van der Waals surface area (Å²) in [6, 6.07) is 7.87. The monoisotopic (exact) mass is 316 g/mol. The van der Waals surface area contributed by atoms with E-state index >= 15 is 0 Å². The molecule has 126 valence electrons. The zero-order valence-corrected chi connectivity index (χ0v) is 14.3. The van der Waals surface area contributed by atoms with Crippen LogP contribution >= 0.6 is 0 Å². The predicted molar refractivity (Wildman–Crippen MR) is 93.4 cm³/mol. The number of carbonyl (C=O) groups is 2. The number of aryl methyl sites for hydroxylation is 1. The summed E-state index contributed by atoms with van der Waals surface area (Å²) in [5.74, 6) is -0.165. The molecular weight excluding hydrogens is 288 g/mol. The van der Waals surface area contributed by atoms with Gasteiger partial charge in [-0.15, -0.1) is 0 Å². The molecule has 1 atom stereocenters. The fourth-order valence-corrected chi connectivity index (χ4v) is 3.01. The van der Waals surface area contributed by atoms with E-state index in [1.165, 1.54) is 19.3 Å². The molecule has 0 saturated carbocycles. The topological polar surface area (TPSA) is 49.4 Å². The Morgan fingerprint density at radius 3 is 2.78 bits per heavy atom. The Hall–Kier alpha value is -1.84. The van der Waals surface area contributed by atoms with E-state index in [4.69, 9.17) is 0 Å². The average Bonchev–Trinajstić information content (AvgIpc) is 2.92. The molecule has 0 aromatic heterocycles. The molecule has 0 aliphatic carbocycles. The summed E-state index contributed by atoms with van der Waals surface area (Å²) < 4.78 is 0. The van der Waals surface area contributed by atoms with Crippen LogP contribution < -0.4 is 10.2 Å². The first-order chi connectivity index (χ1) is 11.1. The first-order valence-electron chi connectivity index (χ1n) is 8.76. The normalized spacial score (nSPS) is 17.6. The van der Waals surface area contributed by atoms with Crippen LogP contribution in [-0.2, 0) is 9.59 Å². The van der Waals surface area contributed by atoms with Crippen LogP contribution in [0.25, 0.3) is 0 Å². The summed E-state index contributed by atoms with van der Waals surface area (Å²) in [6.07, 6.45) is 6.22. The van der Waals surface area contributed by atoms with Crippen LogP contribution in [-0.4, -0.2) is 24.9 Å². The van der Waals surface area contributed by atoms with Crippen molar-refractivity contribution < 1.29 is 9.59 Å². The molecular formula is C19H28N2O2. The second-order valence-electron chi connectivity index (χ2n) is 6.45. The van der Waals surface area contributed by atoms with Gasteiger partial charge in [0.15, 0.2) is 0 Å². The molecule has 23 heavy (non-hydrogen) atoms. The summed E-state index contributed by atoms with van der Waals surface area (Å²) >= 11 is 0. The minimum atomic E-state index is -0.223. The van der Waals surface area contributed by atoms with Crippen molar-refractivity contribution in [1.29, 1.82) is 0 Å². The van der Waals surface area contributed by atoms with Crippen LogP contribution in [0, 0.1) is 12.8 Å². The number of nitrogens with zero attached hydrogens (tertiary/aromatic N) is 1. The maximum Gasteiger partial charge on any atom is 0.227 e. The highest BCUT2D eigenvalue weighted by Crippen LogP contribution is 2.25. The molecule has 1 aromatic carbocycles. The Morgan fingerprint density at radius 2 is 2.04 bits per heavy atom. The number of rotatable bonds is 8. The Morgan fingerprint density at radius 1 is 1.26 bits per heavy atom. The van der Waals surface area contributed by atoms with E-state index in [2.05, 4.69) is 12.2 Å². The molecule has 2 amide bonds. The van der Waals surface area contributed by atoms with Gasteiger partial charge in [-0.25, -0.2) is 0 Å². The maximum atomic E-state index is 12.2. The molecule has 1 saturated heterocycles. The van der Waals surface area contributed by atoms with Gasteiger partial charge in [-0.3, -0.25) is 9.59 Å². The molecule has 4 heteroatoms. The molecule has 1 aliphatic heterocycles. The van der Waals surface area contributed by atoms with Crippen LogP contribution in [0.1, 0.15) is 51.0 Å². The van der Waals surface area contributed by atoms with Crippen LogP contribution in [0.4, 0.5) is 5.69 Å². The molecule has 1 aliphatic rings. The number of anilines is 1. The highest BCUT2D eigenvalue weighted by molar-refractivity contribution is 6.00. The van der Waals surface area contributed by atoms with E-state index in [0.717, 1.165) is 30.6 Å². The van der Waals surface area contributed by atoms with Crippen molar-refractivity contribution in [3.05, 3.63) is 29.8 Å². The number of unbranched alkanes of at least 4 members (excludes halogenated alkanes) is 4. The molecule has 1 unspecified atom stereocenters. The molecule has 1 fully saturated rings. The van der Waals surface area contributed by atoms with Gasteiger partial charge < -0.3 is 10.2 Å². The number of carbonyl (C=O) groups excluding carboxylic acids is 2. The summed E-state index contributed by atoms with van der Waals surface area (Å²) in [4.78, 5) is 26.2. The number of hydrogen-bond acceptors (Lipinski definition) is 2. The van der Waals surface area contributed by atoms with E-state index in [1.54, 1.807) is 4.90 Å². The van der Waals surface area contributed by atoms with Gasteiger partial charge in [0.2, 0.25) is 11.8 Å². The Kier molecular flexibility index (Phi) is 6.63. The molecule has 0 radical (unpaired) electrons. The van der Waals surface area contributed by atoms with Gasteiger partial charge in [0.05, 0.1) is 5.92 Å². The summed E-state index contributed by atoms with van der Waals surface area (Å²) in [6.45, 7) is 5.41. The molecule has 1 aromatic rings. The Balaban J connectivity index is 1.79. The quantitative estimate of drug-likeness (QED) is 0.747. The van der Waals surface area contributed by atoms with E-state index in [9.17, 15) is 9.59 Å². The lowest BCUT2D eigenvalue weighted by atomic mass is 10.1. The fourth-order valence-electron chi connectivity index (χ4n) is 3.01. The third-order valence-electron chi connectivity index (χ3n) is 4.39. The van der Waals surface area contributed by atoms with Crippen molar-refractivity contribution in [2.24, 2.45) is 5.92 Å². The summed E-state index contributed by atoms with van der Waals surface area (Å²) in [7, 11) is 0. The van der Waals surface area contributed by atoms with Crippen LogP contribution in [0.5, 0.6) is 0 Å². The smallest absolute Gasteiger partial charge is 0.227 e. The van der Waals surface area contributed by atoms with Gasteiger partial charge in [0.1, 0.15) is 0 Å². The minimum absolute atomic E-state index is 0.0176. The highest BCUT2D eigenvalue weighted by Gasteiger charge is 2.34. The highest BCUT2D eigenvalue weighted by atomic mass is 16.2. The van der Waals surface area contributed by atoms with Crippen LogP contribution in [0.2, 0.25) is 0 Å². The third kappa shape index (κ3) is 5.08. The van der Waals surface area contributed by atoms with Gasteiger partial charge >= 0.3 is 0 Å². The molecule has 4 nitrogen and oxygen atoms in total. The summed E-state index contributed by atoms with van der Waals surface area (Å²) in [5.41, 5.74) is 2.01. The SMILES string of the molecule is CCCCCCCNC(=O)C1CC(=O)N(c2cccc(C)c2)C1. The number of nitrogens with one attached hydrogen (secondary N) is 1. The van der Waals surface area contributed by atoms with E-state index in [1.807, 2.05) is 31.2 Å². The van der Waals surface area contributed by atoms with E-state index in [-0.39, 0.29) is 17.7 Å². The largest absolute Gasteiger partial charge is 0.356 e. The van der Waals surface area contributed by atoms with E-state index < -0.39 is 0 Å². The minimum Gasteiger partial charge on any atom is -0.356 e. The molecule has 0 bridgehead atoms. The van der Waals surface area contributed by atoms with E-state index in [0.29, 0.717) is 13.0 Å². The molecule has 1 heterocycles. The van der Waals surface area contributed by atoms with Crippen LogP contribution in [0.3, 0.4) is 0 Å². The van der Waals surface area contributed by atoms with Crippen molar-refractivity contribution in [3.63, 3.8) is 0 Å². The fraction of sp³-hybridized carbons (Fsp3) is 0.579. The van der Waals surface area contributed by atoms with Crippen molar-refractivity contribution in [1.82, 2.24) is 5.32 Å². The second-order valence-corrected chi connectivity index (χ2v) is 6.45. The predicted octanol–water partition coefficient (Wildman–Crippen LogP) is 3.43. The number of hydrogen-bond donors (Lipinski definition) is 1. The maximum absolute atomic E-state index is 12.2. The molecule has 2 rings (SSSR count). The number of benzene rings is 1. The average molecular weight is 316 g/mol.